The van der Waals surface area contributed by atoms with Gasteiger partial charge in [-0.25, -0.2) is 9.86 Å². The number of esters is 1. The molecular formula is C19H28N2O4. The second kappa shape index (κ2) is 8.45. The van der Waals surface area contributed by atoms with Crippen molar-refractivity contribution >= 4 is 11.9 Å². The predicted molar refractivity (Wildman–Crippen MR) is 94.4 cm³/mol. The van der Waals surface area contributed by atoms with E-state index in [4.69, 9.17) is 9.57 Å². The summed E-state index contributed by atoms with van der Waals surface area (Å²) in [6.45, 7) is 7.33. The molecule has 1 aromatic rings. The number of hydrogen-bond acceptors (Lipinski definition) is 5. The molecule has 1 aromatic carbocycles. The number of methoxy groups -OCH3 is 1. The van der Waals surface area contributed by atoms with Gasteiger partial charge < -0.3 is 9.64 Å². The summed E-state index contributed by atoms with van der Waals surface area (Å²) < 4.78 is 5.04. The zero-order valence-corrected chi connectivity index (χ0v) is 15.5. The minimum atomic E-state index is -1.07. The molecular weight excluding hydrogens is 320 g/mol. The Morgan fingerprint density at radius 2 is 1.80 bits per heavy atom. The highest BCUT2D eigenvalue weighted by atomic mass is 16.7. The standard InChI is InChI=1S/C19H28N2O4/c1-15(2)20-12-10-19(11-13-20,18(23)24-4)21(16(3)22)25-14-17-8-6-5-7-9-17/h5-9,15H,10-14H2,1-4H3. The highest BCUT2D eigenvalue weighted by Crippen LogP contribution is 2.32. The molecule has 0 unspecified atom stereocenters. The lowest BCUT2D eigenvalue weighted by atomic mass is 9.86. The Morgan fingerprint density at radius 1 is 1.20 bits per heavy atom. The van der Waals surface area contributed by atoms with Crippen LogP contribution in [0.3, 0.4) is 0 Å². The van der Waals surface area contributed by atoms with Gasteiger partial charge in [0.15, 0.2) is 5.54 Å². The van der Waals surface area contributed by atoms with Crippen molar-refractivity contribution in [3.05, 3.63) is 35.9 Å². The third-order valence-electron chi connectivity index (χ3n) is 4.80. The fraction of sp³-hybridized carbons (Fsp3) is 0.579. The fourth-order valence-corrected chi connectivity index (χ4v) is 3.32. The number of rotatable bonds is 6. The number of carbonyl (C=O) groups excluding carboxylic acids is 2. The molecule has 0 radical (unpaired) electrons. The molecule has 2 rings (SSSR count). The molecule has 138 valence electrons. The maximum Gasteiger partial charge on any atom is 0.334 e. The first kappa shape index (κ1) is 19.4. The van der Waals surface area contributed by atoms with Gasteiger partial charge in [-0.3, -0.25) is 9.63 Å². The van der Waals surface area contributed by atoms with Crippen molar-refractivity contribution in [3.63, 3.8) is 0 Å². The van der Waals surface area contributed by atoms with E-state index in [2.05, 4.69) is 18.7 Å². The Hall–Kier alpha value is -1.92. The first-order valence-corrected chi connectivity index (χ1v) is 8.71. The molecule has 0 bridgehead atoms. The number of hydrogen-bond donors (Lipinski definition) is 0. The van der Waals surface area contributed by atoms with E-state index in [-0.39, 0.29) is 12.5 Å². The molecule has 0 N–H and O–H groups in total. The molecule has 6 heteroatoms. The molecule has 0 saturated carbocycles. The third kappa shape index (κ3) is 4.38. The summed E-state index contributed by atoms with van der Waals surface area (Å²) >= 11 is 0. The van der Waals surface area contributed by atoms with Crippen molar-refractivity contribution in [1.29, 1.82) is 0 Å². The molecule has 0 aliphatic carbocycles. The van der Waals surface area contributed by atoms with Gasteiger partial charge in [0, 0.05) is 26.1 Å². The van der Waals surface area contributed by atoms with E-state index in [1.54, 1.807) is 0 Å². The molecule has 0 aromatic heterocycles. The number of ether oxygens (including phenoxy) is 1. The van der Waals surface area contributed by atoms with Crippen LogP contribution >= 0.6 is 0 Å². The predicted octanol–water partition coefficient (Wildman–Crippen LogP) is 2.38. The van der Waals surface area contributed by atoms with E-state index in [1.807, 2.05) is 30.3 Å². The number of carbonyl (C=O) groups is 2. The molecule has 1 aliphatic heterocycles. The third-order valence-corrected chi connectivity index (χ3v) is 4.80. The summed E-state index contributed by atoms with van der Waals surface area (Å²) in [7, 11) is 1.36. The van der Waals surface area contributed by atoms with Crippen LogP contribution in [0.5, 0.6) is 0 Å². The Bertz CT molecular complexity index is 580. The maximum absolute atomic E-state index is 12.6. The lowest BCUT2D eigenvalue weighted by Crippen LogP contribution is -2.62. The minimum absolute atomic E-state index is 0.229. The topological polar surface area (TPSA) is 59.1 Å². The second-order valence-electron chi connectivity index (χ2n) is 6.73. The molecule has 1 aliphatic rings. The van der Waals surface area contributed by atoms with Crippen molar-refractivity contribution in [1.82, 2.24) is 9.96 Å². The molecule has 0 spiro atoms. The van der Waals surface area contributed by atoms with Crippen LogP contribution in [0, 0.1) is 0 Å². The van der Waals surface area contributed by atoms with Crippen molar-refractivity contribution < 1.29 is 19.2 Å². The van der Waals surface area contributed by atoms with Gasteiger partial charge in [0.1, 0.15) is 6.61 Å². The summed E-state index contributed by atoms with van der Waals surface area (Å²) in [5.74, 6) is -0.710. The van der Waals surface area contributed by atoms with Gasteiger partial charge >= 0.3 is 5.97 Å². The van der Waals surface area contributed by atoms with Gasteiger partial charge in [0.25, 0.3) is 0 Å². The average molecular weight is 348 g/mol. The Balaban J connectivity index is 2.20. The molecule has 1 heterocycles. The van der Waals surface area contributed by atoms with E-state index in [0.717, 1.165) is 5.56 Å². The molecule has 1 saturated heterocycles. The first-order chi connectivity index (χ1) is 11.9. The monoisotopic (exact) mass is 348 g/mol. The van der Waals surface area contributed by atoms with Gasteiger partial charge in [0.05, 0.1) is 7.11 Å². The average Bonchev–Trinajstić information content (AvgIpc) is 2.62. The number of amides is 1. The number of likely N-dealkylation sites (tertiary alicyclic amines) is 1. The molecule has 25 heavy (non-hydrogen) atoms. The fourth-order valence-electron chi connectivity index (χ4n) is 3.32. The van der Waals surface area contributed by atoms with Crippen LogP contribution < -0.4 is 0 Å². The van der Waals surface area contributed by atoms with E-state index < -0.39 is 11.5 Å². The van der Waals surface area contributed by atoms with Crippen LogP contribution in [-0.4, -0.2) is 53.6 Å². The normalized spacial score (nSPS) is 17.3. The summed E-state index contributed by atoms with van der Waals surface area (Å²) in [5.41, 5.74) is -0.130. The lowest BCUT2D eigenvalue weighted by Gasteiger charge is -2.45. The summed E-state index contributed by atoms with van der Waals surface area (Å²) in [4.78, 5) is 33.0. The van der Waals surface area contributed by atoms with Crippen LogP contribution in [0.1, 0.15) is 39.2 Å². The van der Waals surface area contributed by atoms with Crippen LogP contribution in [0.15, 0.2) is 30.3 Å². The zero-order valence-electron chi connectivity index (χ0n) is 15.5. The van der Waals surface area contributed by atoms with E-state index in [9.17, 15) is 9.59 Å². The molecule has 6 nitrogen and oxygen atoms in total. The second-order valence-corrected chi connectivity index (χ2v) is 6.73. The van der Waals surface area contributed by atoms with Crippen molar-refractivity contribution in [2.45, 2.75) is 51.8 Å². The maximum atomic E-state index is 12.6. The molecule has 1 fully saturated rings. The van der Waals surface area contributed by atoms with E-state index in [0.29, 0.717) is 32.0 Å². The number of hydroxylamine groups is 2. The van der Waals surface area contributed by atoms with Gasteiger partial charge in [0.2, 0.25) is 5.91 Å². The van der Waals surface area contributed by atoms with Crippen molar-refractivity contribution in [2.75, 3.05) is 20.2 Å². The first-order valence-electron chi connectivity index (χ1n) is 8.71. The summed E-state index contributed by atoms with van der Waals surface area (Å²) in [5, 5.41) is 1.24. The minimum Gasteiger partial charge on any atom is -0.467 e. The molecule has 1 amide bonds. The lowest BCUT2D eigenvalue weighted by molar-refractivity contribution is -0.240. The summed E-state index contributed by atoms with van der Waals surface area (Å²) in [6, 6.07) is 9.98. The van der Waals surface area contributed by atoms with Crippen LogP contribution in [0.2, 0.25) is 0 Å². The number of nitrogens with zero attached hydrogens (tertiary/aromatic N) is 2. The Morgan fingerprint density at radius 3 is 2.28 bits per heavy atom. The van der Waals surface area contributed by atoms with Gasteiger partial charge in [-0.05, 0) is 32.3 Å². The zero-order chi connectivity index (χ0) is 18.4. The highest BCUT2D eigenvalue weighted by Gasteiger charge is 2.50. The number of benzene rings is 1. The Labute approximate surface area is 149 Å². The number of piperidine rings is 1. The van der Waals surface area contributed by atoms with Crippen LogP contribution in [0.4, 0.5) is 0 Å². The van der Waals surface area contributed by atoms with Crippen LogP contribution in [-0.2, 0) is 25.8 Å². The van der Waals surface area contributed by atoms with Crippen molar-refractivity contribution in [2.24, 2.45) is 0 Å². The van der Waals surface area contributed by atoms with Crippen molar-refractivity contribution in [3.8, 4) is 0 Å². The van der Waals surface area contributed by atoms with E-state index in [1.165, 1.54) is 19.1 Å². The quantitative estimate of drug-likeness (QED) is 0.583. The van der Waals surface area contributed by atoms with Gasteiger partial charge in [-0.2, -0.15) is 0 Å². The van der Waals surface area contributed by atoms with E-state index >= 15 is 0 Å². The highest BCUT2D eigenvalue weighted by molar-refractivity contribution is 5.86. The largest absolute Gasteiger partial charge is 0.467 e. The van der Waals surface area contributed by atoms with Gasteiger partial charge in [-0.1, -0.05) is 30.3 Å². The molecule has 0 atom stereocenters. The Kier molecular flexibility index (Phi) is 6.56. The smallest absolute Gasteiger partial charge is 0.334 e. The SMILES string of the molecule is COC(=O)C1(N(OCc2ccccc2)C(C)=O)CCN(C(C)C)CC1. The summed E-state index contributed by atoms with van der Waals surface area (Å²) in [6.07, 6.45) is 0.985. The van der Waals surface area contributed by atoms with Crippen LogP contribution in [0.25, 0.3) is 0 Å². The van der Waals surface area contributed by atoms with Gasteiger partial charge in [-0.15, -0.1) is 0 Å².